The van der Waals surface area contributed by atoms with E-state index in [4.69, 9.17) is 4.74 Å². The monoisotopic (exact) mass is 464 g/mol. The lowest BCUT2D eigenvalue weighted by molar-refractivity contribution is -0.125. The van der Waals surface area contributed by atoms with Gasteiger partial charge >= 0.3 is 0 Å². The van der Waals surface area contributed by atoms with Crippen LogP contribution in [0.1, 0.15) is 28.4 Å². The van der Waals surface area contributed by atoms with Gasteiger partial charge in [0.1, 0.15) is 5.75 Å². The molecule has 1 N–H and O–H groups in total. The summed E-state index contributed by atoms with van der Waals surface area (Å²) in [6.07, 6.45) is -0.564. The van der Waals surface area contributed by atoms with Gasteiger partial charge in [0.25, 0.3) is 11.8 Å². The van der Waals surface area contributed by atoms with Crippen molar-refractivity contribution < 1.29 is 14.3 Å². The molecule has 1 unspecified atom stereocenters. The zero-order valence-electron chi connectivity index (χ0n) is 16.7. The normalized spacial score (nSPS) is 15.4. The zero-order chi connectivity index (χ0) is 21.3. The summed E-state index contributed by atoms with van der Waals surface area (Å²) in [5, 5.41) is 2.90. The first-order valence-corrected chi connectivity index (χ1v) is 10.4. The number of anilines is 2. The minimum Gasteiger partial charge on any atom is -0.479 e. The van der Waals surface area contributed by atoms with Crippen LogP contribution in [0.2, 0.25) is 0 Å². The minimum atomic E-state index is -0.564. The standard InChI is InChI=1S/C24H21BrN2O3/c1-15-3-5-17(6-4-15)14-27-21-13-20(11-12-22(21)30-16(2)24(27)29)26-23(28)18-7-9-19(25)10-8-18/h3-13,16H,14H2,1-2H3,(H,26,28). The van der Waals surface area contributed by atoms with Gasteiger partial charge in [0.05, 0.1) is 12.2 Å². The number of carbonyl (C=O) groups excluding carboxylic acids is 2. The summed E-state index contributed by atoms with van der Waals surface area (Å²) in [4.78, 5) is 27.1. The second-order valence-corrected chi connectivity index (χ2v) is 8.23. The first kappa shape index (κ1) is 20.2. The van der Waals surface area contributed by atoms with Crippen LogP contribution in [0.4, 0.5) is 11.4 Å². The first-order chi connectivity index (χ1) is 14.4. The Bertz CT molecular complexity index is 1090. The van der Waals surface area contributed by atoms with Crippen molar-refractivity contribution in [1.29, 1.82) is 0 Å². The average molecular weight is 465 g/mol. The van der Waals surface area contributed by atoms with Crippen LogP contribution < -0.4 is 15.0 Å². The van der Waals surface area contributed by atoms with Crippen LogP contribution in [0.25, 0.3) is 0 Å². The van der Waals surface area contributed by atoms with E-state index in [-0.39, 0.29) is 11.8 Å². The molecule has 152 valence electrons. The molecule has 6 heteroatoms. The Morgan fingerprint density at radius 2 is 1.77 bits per heavy atom. The molecule has 0 spiro atoms. The van der Waals surface area contributed by atoms with Crippen molar-refractivity contribution in [2.45, 2.75) is 26.5 Å². The number of hydrogen-bond donors (Lipinski definition) is 1. The number of ether oxygens (including phenoxy) is 1. The Labute approximate surface area is 183 Å². The molecule has 0 aliphatic carbocycles. The van der Waals surface area contributed by atoms with Crippen molar-refractivity contribution in [3.63, 3.8) is 0 Å². The van der Waals surface area contributed by atoms with Gasteiger partial charge in [-0.3, -0.25) is 9.59 Å². The molecule has 3 aromatic carbocycles. The molecule has 0 saturated carbocycles. The Balaban J connectivity index is 1.62. The van der Waals surface area contributed by atoms with Gasteiger partial charge in [-0.2, -0.15) is 0 Å². The first-order valence-electron chi connectivity index (χ1n) is 9.65. The molecule has 30 heavy (non-hydrogen) atoms. The highest BCUT2D eigenvalue weighted by atomic mass is 79.9. The molecule has 2 amide bonds. The molecule has 0 bridgehead atoms. The maximum absolute atomic E-state index is 12.9. The average Bonchev–Trinajstić information content (AvgIpc) is 2.73. The van der Waals surface area contributed by atoms with Crippen LogP contribution in [-0.4, -0.2) is 17.9 Å². The van der Waals surface area contributed by atoms with Crippen molar-refractivity contribution in [2.24, 2.45) is 0 Å². The number of fused-ring (bicyclic) bond motifs is 1. The topological polar surface area (TPSA) is 58.6 Å². The van der Waals surface area contributed by atoms with Crippen molar-refractivity contribution in [2.75, 3.05) is 10.2 Å². The van der Waals surface area contributed by atoms with Crippen LogP contribution in [-0.2, 0) is 11.3 Å². The molecular weight excluding hydrogens is 444 g/mol. The maximum atomic E-state index is 12.9. The van der Waals surface area contributed by atoms with E-state index >= 15 is 0 Å². The predicted molar refractivity (Wildman–Crippen MR) is 121 cm³/mol. The fraction of sp³-hybridized carbons (Fsp3) is 0.167. The third-order valence-electron chi connectivity index (χ3n) is 4.99. The van der Waals surface area contributed by atoms with Crippen molar-refractivity contribution in [1.82, 2.24) is 0 Å². The van der Waals surface area contributed by atoms with Crippen molar-refractivity contribution in [3.05, 3.63) is 87.9 Å². The largest absolute Gasteiger partial charge is 0.479 e. The summed E-state index contributed by atoms with van der Waals surface area (Å²) < 4.78 is 6.69. The highest BCUT2D eigenvalue weighted by Gasteiger charge is 2.31. The van der Waals surface area contributed by atoms with Gasteiger partial charge in [-0.05, 0) is 61.9 Å². The van der Waals surface area contributed by atoms with Gasteiger partial charge in [0, 0.05) is 15.7 Å². The number of amides is 2. The van der Waals surface area contributed by atoms with E-state index < -0.39 is 6.10 Å². The smallest absolute Gasteiger partial charge is 0.268 e. The fourth-order valence-corrected chi connectivity index (χ4v) is 3.59. The number of nitrogens with one attached hydrogen (secondary N) is 1. The van der Waals surface area contributed by atoms with Crippen LogP contribution in [0.15, 0.2) is 71.2 Å². The Morgan fingerprint density at radius 1 is 1.07 bits per heavy atom. The number of rotatable bonds is 4. The second kappa shape index (κ2) is 8.32. The number of benzene rings is 3. The van der Waals surface area contributed by atoms with E-state index in [1.165, 1.54) is 5.56 Å². The summed E-state index contributed by atoms with van der Waals surface area (Å²) in [7, 11) is 0. The van der Waals surface area contributed by atoms with Gasteiger partial charge in [-0.25, -0.2) is 0 Å². The zero-order valence-corrected chi connectivity index (χ0v) is 18.3. The molecule has 0 fully saturated rings. The lowest BCUT2D eigenvalue weighted by Crippen LogP contribution is -2.44. The third-order valence-corrected chi connectivity index (χ3v) is 5.52. The van der Waals surface area contributed by atoms with E-state index in [0.717, 1.165) is 10.0 Å². The molecule has 1 atom stereocenters. The second-order valence-electron chi connectivity index (χ2n) is 7.31. The van der Waals surface area contributed by atoms with E-state index in [0.29, 0.717) is 29.2 Å². The van der Waals surface area contributed by atoms with Crippen LogP contribution in [0, 0.1) is 6.92 Å². The van der Waals surface area contributed by atoms with Gasteiger partial charge in [-0.15, -0.1) is 0 Å². The molecule has 1 heterocycles. The van der Waals surface area contributed by atoms with E-state index in [2.05, 4.69) is 21.2 Å². The van der Waals surface area contributed by atoms with Crippen LogP contribution in [0.3, 0.4) is 0 Å². The summed E-state index contributed by atoms with van der Waals surface area (Å²) >= 11 is 3.37. The molecule has 1 aliphatic rings. The van der Waals surface area contributed by atoms with Crippen LogP contribution >= 0.6 is 15.9 Å². The van der Waals surface area contributed by atoms with Crippen molar-refractivity contribution in [3.8, 4) is 5.75 Å². The molecule has 0 saturated heterocycles. The Hall–Kier alpha value is -3.12. The fourth-order valence-electron chi connectivity index (χ4n) is 3.33. The van der Waals surface area contributed by atoms with Gasteiger partial charge in [0.15, 0.2) is 6.10 Å². The number of hydrogen-bond acceptors (Lipinski definition) is 3. The van der Waals surface area contributed by atoms with Crippen LogP contribution in [0.5, 0.6) is 5.75 Å². The highest BCUT2D eigenvalue weighted by Crippen LogP contribution is 2.37. The highest BCUT2D eigenvalue weighted by molar-refractivity contribution is 9.10. The quantitative estimate of drug-likeness (QED) is 0.567. The molecule has 4 rings (SSSR count). The van der Waals surface area contributed by atoms with E-state index in [1.54, 1.807) is 42.2 Å². The number of halogens is 1. The van der Waals surface area contributed by atoms with E-state index in [9.17, 15) is 9.59 Å². The molecule has 0 aromatic heterocycles. The van der Waals surface area contributed by atoms with Gasteiger partial charge in [-0.1, -0.05) is 45.8 Å². The van der Waals surface area contributed by atoms with E-state index in [1.807, 2.05) is 43.3 Å². The van der Waals surface area contributed by atoms with Gasteiger partial charge in [0.2, 0.25) is 0 Å². The molecule has 5 nitrogen and oxygen atoms in total. The Morgan fingerprint density at radius 3 is 2.47 bits per heavy atom. The molecule has 3 aromatic rings. The summed E-state index contributed by atoms with van der Waals surface area (Å²) in [6.45, 7) is 4.21. The number of aryl methyl sites for hydroxylation is 1. The summed E-state index contributed by atoms with van der Waals surface area (Å²) in [5.41, 5.74) is 3.99. The Kier molecular flexibility index (Phi) is 5.59. The van der Waals surface area contributed by atoms with Gasteiger partial charge < -0.3 is 15.0 Å². The number of nitrogens with zero attached hydrogens (tertiary/aromatic N) is 1. The maximum Gasteiger partial charge on any atom is 0.268 e. The summed E-state index contributed by atoms with van der Waals surface area (Å²) in [6, 6.07) is 20.6. The molecular formula is C24H21BrN2O3. The molecule has 1 aliphatic heterocycles. The SMILES string of the molecule is Cc1ccc(CN2C(=O)C(C)Oc3ccc(NC(=O)c4ccc(Br)cc4)cc32)cc1. The summed E-state index contributed by atoms with van der Waals surface area (Å²) in [5.74, 6) is 0.291. The number of carbonyl (C=O) groups is 2. The minimum absolute atomic E-state index is 0.112. The lowest BCUT2D eigenvalue weighted by Gasteiger charge is -2.33. The molecule has 0 radical (unpaired) electrons. The third kappa shape index (κ3) is 4.24. The lowest BCUT2D eigenvalue weighted by atomic mass is 10.1. The van der Waals surface area contributed by atoms with Crippen molar-refractivity contribution >= 4 is 39.1 Å². The predicted octanol–water partition coefficient (Wildman–Crippen LogP) is 5.32.